The number of alkyl halides is 3. The highest BCUT2D eigenvalue weighted by Crippen LogP contribution is 2.47. The van der Waals surface area contributed by atoms with E-state index in [1.54, 1.807) is 0 Å². The number of nitrogens with zero attached hydrogens (tertiary/aromatic N) is 2. The lowest BCUT2D eigenvalue weighted by Gasteiger charge is -2.47. The van der Waals surface area contributed by atoms with Crippen LogP contribution in [-0.2, 0) is 12.0 Å². The van der Waals surface area contributed by atoms with Crippen LogP contribution in [0, 0.1) is 17.6 Å². The average Bonchev–Trinajstić information content (AvgIpc) is 3.52. The van der Waals surface area contributed by atoms with Crippen molar-refractivity contribution in [3.8, 4) is 0 Å². The van der Waals surface area contributed by atoms with Crippen LogP contribution in [0.25, 0.3) is 10.9 Å². The molecule has 56 heavy (non-hydrogen) atoms. The largest absolute Gasteiger partial charge is 0.424 e. The summed E-state index contributed by atoms with van der Waals surface area (Å²) >= 11 is 0. The molecule has 5 nitrogen and oxygen atoms in total. The summed E-state index contributed by atoms with van der Waals surface area (Å²) in [6.07, 6.45) is 0.209. The number of para-hydroxylation sites is 1. The van der Waals surface area contributed by atoms with Crippen LogP contribution in [0.15, 0.2) is 97.1 Å². The summed E-state index contributed by atoms with van der Waals surface area (Å²) in [5.41, 5.74) is 0.197. The Bertz CT molecular complexity index is 2080. The van der Waals surface area contributed by atoms with Gasteiger partial charge < -0.3 is 19.8 Å². The average molecular weight is 790 g/mol. The maximum atomic E-state index is 16.7. The van der Waals surface area contributed by atoms with Gasteiger partial charge in [-0.2, -0.15) is 0 Å². The lowest BCUT2D eigenvalue weighted by Crippen LogP contribution is -2.65. The second-order valence-corrected chi connectivity index (χ2v) is 20.8. The lowest BCUT2D eigenvalue weighted by atomic mass is 9.77. The predicted octanol–water partition coefficient (Wildman–Crippen LogP) is 8.23. The molecule has 1 aromatic heterocycles. The molecule has 0 amide bonds. The molecule has 3 atom stereocenters. The first kappa shape index (κ1) is 40.3. The van der Waals surface area contributed by atoms with Crippen LogP contribution in [0.2, 0.25) is 5.04 Å². The summed E-state index contributed by atoms with van der Waals surface area (Å²) < 4.78 is 79.4. The quantitative estimate of drug-likeness (QED) is 0.0785. The number of nitrogens with one attached hydrogen (secondary N) is 1. The Balaban J connectivity index is 1.21. The number of aliphatic hydroxyl groups is 1. The molecule has 2 aliphatic rings. The molecule has 3 heterocycles. The van der Waals surface area contributed by atoms with Crippen molar-refractivity contribution in [3.05, 3.63) is 131 Å². The topological polar surface area (TPSA) is 62.7 Å². The molecular weight excluding hydrogens is 738 g/mol. The van der Waals surface area contributed by atoms with Crippen molar-refractivity contribution in [3.63, 3.8) is 0 Å². The van der Waals surface area contributed by atoms with Gasteiger partial charge in [-0.15, -0.1) is 0 Å². The van der Waals surface area contributed by atoms with Crippen LogP contribution in [-0.4, -0.2) is 77.8 Å². The van der Waals surface area contributed by atoms with Crippen molar-refractivity contribution in [2.24, 2.45) is 5.92 Å². The van der Waals surface area contributed by atoms with E-state index in [0.29, 0.717) is 38.2 Å². The van der Waals surface area contributed by atoms with Crippen LogP contribution in [0.5, 0.6) is 0 Å². The maximum Gasteiger partial charge on any atom is 0.260 e. The van der Waals surface area contributed by atoms with E-state index in [-0.39, 0.29) is 23.5 Å². The van der Waals surface area contributed by atoms with Gasteiger partial charge in [0.25, 0.3) is 14.2 Å². The van der Waals surface area contributed by atoms with E-state index in [2.05, 4.69) is 4.98 Å². The van der Waals surface area contributed by atoms with Gasteiger partial charge in [-0.3, -0.25) is 9.29 Å². The molecule has 1 saturated heterocycles. The molecule has 4 aromatic carbocycles. The minimum Gasteiger partial charge on any atom is -0.424 e. The molecule has 2 aliphatic heterocycles. The fourth-order valence-electron chi connectivity index (χ4n) is 9.16. The van der Waals surface area contributed by atoms with Crippen molar-refractivity contribution < 1.29 is 31.9 Å². The molecule has 298 valence electrons. The summed E-state index contributed by atoms with van der Waals surface area (Å²) in [5, 5.41) is 13.0. The Morgan fingerprint density at radius 2 is 1.41 bits per heavy atom. The summed E-state index contributed by atoms with van der Waals surface area (Å²) in [7, 11) is -3.57. The number of H-pyrrole nitrogens is 1. The number of likely N-dealkylation sites (tertiary alicyclic amines) is 1. The van der Waals surface area contributed by atoms with Crippen molar-refractivity contribution in [2.75, 3.05) is 32.9 Å². The van der Waals surface area contributed by atoms with Crippen molar-refractivity contribution in [2.45, 2.75) is 82.0 Å². The molecule has 0 radical (unpaired) electrons. The molecule has 5 aromatic rings. The highest BCUT2D eigenvalue weighted by atomic mass is 28.4. The van der Waals surface area contributed by atoms with E-state index < -0.39 is 68.2 Å². The standard InChI is InChI=1S/C45H52F5N3O2Si/c1-30-24-36-35-18-11-12-19-39(35)51-41(36)42(40-37(47)25-31(26-38(40)48)44(4,54)32-27-52(28-32)23-13-22-46)53(30)29-45(49,50)21-20-43(2,3)56(55,33-14-7-5-8-15-33)34-16-9-6-10-17-34/h5-12,14-19,25-26,30,32,42,51,54-55H,13,20-24,27-29H2,1-4H3/t30-,42-,44?/m1/s1. The van der Waals surface area contributed by atoms with Gasteiger partial charge in [0.05, 0.1) is 24.9 Å². The molecule has 3 N–H and O–H groups in total. The summed E-state index contributed by atoms with van der Waals surface area (Å²) in [6, 6.07) is 26.6. The zero-order valence-corrected chi connectivity index (χ0v) is 33.5. The Labute approximate surface area is 327 Å². The minimum absolute atomic E-state index is 0.00406. The zero-order chi connectivity index (χ0) is 40.0. The number of aromatic nitrogens is 1. The van der Waals surface area contributed by atoms with Gasteiger partial charge in [0, 0.05) is 60.2 Å². The zero-order valence-electron chi connectivity index (χ0n) is 32.5. The second-order valence-electron chi connectivity index (χ2n) is 16.9. The normalized spacial score (nSPS) is 19.8. The third-order valence-corrected chi connectivity index (χ3v) is 17.3. The number of benzene rings is 4. The van der Waals surface area contributed by atoms with E-state index in [0.717, 1.165) is 39.0 Å². The van der Waals surface area contributed by atoms with Gasteiger partial charge in [-0.1, -0.05) is 92.7 Å². The number of hydrogen-bond donors (Lipinski definition) is 3. The SMILES string of the molecule is C[C@@H]1Cc2c([nH]c3ccccc23)[C@@H](c2c(F)cc(C(C)(O)C3CN(CCCF)C3)cc2F)N1CC(F)(F)CCC(C)(C)[Si](O)(c1ccccc1)c1ccccc1. The first-order valence-electron chi connectivity index (χ1n) is 19.6. The summed E-state index contributed by atoms with van der Waals surface area (Å²) in [6.45, 7) is 7.31. The Morgan fingerprint density at radius 1 is 0.839 bits per heavy atom. The van der Waals surface area contributed by atoms with Crippen LogP contribution in [0.4, 0.5) is 22.0 Å². The molecule has 1 unspecified atom stereocenters. The lowest BCUT2D eigenvalue weighted by molar-refractivity contribution is -0.0799. The van der Waals surface area contributed by atoms with Crippen LogP contribution in [0.3, 0.4) is 0 Å². The van der Waals surface area contributed by atoms with Gasteiger partial charge in [0.1, 0.15) is 11.6 Å². The fraction of sp³-hybridized carbons (Fsp3) is 0.422. The number of fused-ring (bicyclic) bond motifs is 3. The number of aromatic amines is 1. The number of halogens is 5. The van der Waals surface area contributed by atoms with E-state index in [1.165, 1.54) is 11.8 Å². The van der Waals surface area contributed by atoms with Crippen molar-refractivity contribution in [1.29, 1.82) is 0 Å². The third kappa shape index (κ3) is 7.37. The number of rotatable bonds is 14. The monoisotopic (exact) mass is 789 g/mol. The fourth-order valence-corrected chi connectivity index (χ4v) is 12.9. The van der Waals surface area contributed by atoms with E-state index in [4.69, 9.17) is 0 Å². The minimum atomic E-state index is -3.57. The van der Waals surface area contributed by atoms with Gasteiger partial charge in [0.15, 0.2) is 0 Å². The Morgan fingerprint density at radius 3 is 2.00 bits per heavy atom. The molecule has 0 aliphatic carbocycles. The first-order valence-corrected chi connectivity index (χ1v) is 21.6. The summed E-state index contributed by atoms with van der Waals surface area (Å²) in [4.78, 5) is 19.5. The van der Waals surface area contributed by atoms with E-state index in [1.807, 2.05) is 111 Å². The molecule has 7 rings (SSSR count). The smallest absolute Gasteiger partial charge is 0.260 e. The second kappa shape index (κ2) is 15.5. The van der Waals surface area contributed by atoms with Crippen molar-refractivity contribution in [1.82, 2.24) is 14.8 Å². The van der Waals surface area contributed by atoms with Gasteiger partial charge in [-0.05, 0) is 77.8 Å². The molecular formula is C45H52F5N3O2Si. The van der Waals surface area contributed by atoms with Gasteiger partial charge in [-0.25, -0.2) is 17.6 Å². The molecule has 0 saturated carbocycles. The molecule has 0 spiro atoms. The number of hydrogen-bond acceptors (Lipinski definition) is 4. The summed E-state index contributed by atoms with van der Waals surface area (Å²) in [5.74, 6) is -5.46. The highest BCUT2D eigenvalue weighted by molar-refractivity contribution is 6.98. The Hall–Kier alpha value is -3.87. The van der Waals surface area contributed by atoms with Gasteiger partial charge >= 0.3 is 0 Å². The Kier molecular flexibility index (Phi) is 11.1. The molecule has 0 bridgehead atoms. The predicted molar refractivity (Wildman–Crippen MR) is 215 cm³/mol. The van der Waals surface area contributed by atoms with Crippen molar-refractivity contribution >= 4 is 29.6 Å². The van der Waals surface area contributed by atoms with E-state index >= 15 is 17.6 Å². The molecule has 1 fully saturated rings. The van der Waals surface area contributed by atoms with Crippen LogP contribution < -0.4 is 10.4 Å². The van der Waals surface area contributed by atoms with Gasteiger partial charge in [0.2, 0.25) is 0 Å². The highest BCUT2D eigenvalue weighted by Gasteiger charge is 2.52. The van der Waals surface area contributed by atoms with Crippen LogP contribution >= 0.6 is 0 Å². The van der Waals surface area contributed by atoms with E-state index in [9.17, 15) is 14.3 Å². The third-order valence-electron chi connectivity index (χ3n) is 12.7. The molecule has 11 heteroatoms. The van der Waals surface area contributed by atoms with Crippen LogP contribution in [0.1, 0.15) is 75.4 Å². The first-order chi connectivity index (χ1) is 26.6. The maximum absolute atomic E-state index is 16.7.